The summed E-state index contributed by atoms with van der Waals surface area (Å²) in [4.78, 5) is 31.3. The number of carbonyl (C=O) groups excluding carboxylic acids is 2. The molecule has 2 aromatic heterocycles. The highest BCUT2D eigenvalue weighted by molar-refractivity contribution is 5.99. The maximum Gasteiger partial charge on any atom is 0.416 e. The van der Waals surface area contributed by atoms with Crippen molar-refractivity contribution in [3.63, 3.8) is 0 Å². The van der Waals surface area contributed by atoms with Gasteiger partial charge in [-0.15, -0.1) is 0 Å². The van der Waals surface area contributed by atoms with Crippen LogP contribution in [0.3, 0.4) is 0 Å². The number of rotatable bonds is 5. The fourth-order valence-corrected chi connectivity index (χ4v) is 3.09. The number of nitrogens with one attached hydrogen (secondary N) is 1. The van der Waals surface area contributed by atoms with Crippen molar-refractivity contribution in [1.82, 2.24) is 14.5 Å². The predicted octanol–water partition coefficient (Wildman–Crippen LogP) is 5.14. The third-order valence-corrected chi connectivity index (χ3v) is 4.61. The standard InChI is InChI=1S/C22H15F3N4O4/c1-32-18-8-14(22(23,24)25)7-15(9-18)28-21(31)29-5-4-13-6-17(2-3-19(13)29)33-20-10-16(11-30)26-12-27-20/h2-12H,1H3,(H,28,31). The summed E-state index contributed by atoms with van der Waals surface area (Å²) in [6.07, 6.45) is -1.36. The third kappa shape index (κ3) is 4.76. The van der Waals surface area contributed by atoms with Crippen LogP contribution in [-0.4, -0.2) is 34.0 Å². The number of amides is 1. The van der Waals surface area contributed by atoms with Crippen molar-refractivity contribution in [3.8, 4) is 17.4 Å². The summed E-state index contributed by atoms with van der Waals surface area (Å²) in [6, 6.07) is 10.2. The average Bonchev–Trinajstić information content (AvgIpc) is 3.21. The number of fused-ring (bicyclic) bond motifs is 1. The Kier molecular flexibility index (Phi) is 5.69. The Balaban J connectivity index is 1.58. The van der Waals surface area contributed by atoms with Crippen molar-refractivity contribution in [2.75, 3.05) is 12.4 Å². The first kappa shape index (κ1) is 21.8. The first-order valence-corrected chi connectivity index (χ1v) is 9.40. The molecule has 0 aliphatic rings. The van der Waals surface area contributed by atoms with E-state index in [1.54, 1.807) is 24.3 Å². The number of ether oxygens (including phenoxy) is 2. The number of methoxy groups -OCH3 is 1. The molecule has 11 heteroatoms. The first-order valence-electron chi connectivity index (χ1n) is 9.40. The van der Waals surface area contributed by atoms with E-state index < -0.39 is 17.8 Å². The van der Waals surface area contributed by atoms with Crippen LogP contribution in [0.25, 0.3) is 10.9 Å². The Hall–Kier alpha value is -4.41. The van der Waals surface area contributed by atoms with Gasteiger partial charge in [-0.3, -0.25) is 9.36 Å². The lowest BCUT2D eigenvalue weighted by molar-refractivity contribution is -0.137. The number of aromatic nitrogens is 3. The zero-order valence-corrected chi connectivity index (χ0v) is 17.0. The summed E-state index contributed by atoms with van der Waals surface area (Å²) in [5.41, 5.74) is -0.354. The number of nitrogens with zero attached hydrogens (tertiary/aromatic N) is 3. The molecule has 0 saturated carbocycles. The number of alkyl halides is 3. The number of benzene rings is 2. The van der Waals surface area contributed by atoms with Crippen LogP contribution < -0.4 is 14.8 Å². The molecule has 0 aliphatic heterocycles. The Morgan fingerprint density at radius 3 is 2.61 bits per heavy atom. The van der Waals surface area contributed by atoms with Gasteiger partial charge < -0.3 is 14.8 Å². The second kappa shape index (κ2) is 8.61. The molecule has 2 heterocycles. The minimum Gasteiger partial charge on any atom is -0.497 e. The molecule has 0 atom stereocenters. The molecule has 168 valence electrons. The molecule has 33 heavy (non-hydrogen) atoms. The summed E-state index contributed by atoms with van der Waals surface area (Å²) in [7, 11) is 1.24. The van der Waals surface area contributed by atoms with E-state index in [9.17, 15) is 22.8 Å². The highest BCUT2D eigenvalue weighted by atomic mass is 19.4. The monoisotopic (exact) mass is 456 g/mol. The maximum absolute atomic E-state index is 13.1. The Labute approximate surface area is 184 Å². The quantitative estimate of drug-likeness (QED) is 0.418. The first-order chi connectivity index (χ1) is 15.8. The Bertz CT molecular complexity index is 1350. The molecule has 0 unspecified atom stereocenters. The predicted molar refractivity (Wildman–Crippen MR) is 112 cm³/mol. The van der Waals surface area contributed by atoms with Gasteiger partial charge in [-0.1, -0.05) is 0 Å². The topological polar surface area (TPSA) is 95.3 Å². The average molecular weight is 456 g/mol. The van der Waals surface area contributed by atoms with Gasteiger partial charge in [0.2, 0.25) is 5.88 Å². The number of hydrogen-bond acceptors (Lipinski definition) is 6. The number of hydrogen-bond donors (Lipinski definition) is 1. The van der Waals surface area contributed by atoms with Crippen LogP contribution >= 0.6 is 0 Å². The van der Waals surface area contributed by atoms with E-state index in [0.717, 1.165) is 12.1 Å². The van der Waals surface area contributed by atoms with Crippen molar-refractivity contribution < 1.29 is 32.2 Å². The van der Waals surface area contributed by atoms with Gasteiger partial charge >= 0.3 is 12.2 Å². The minimum absolute atomic E-state index is 0.0401. The second-order valence-corrected chi connectivity index (χ2v) is 6.79. The van der Waals surface area contributed by atoms with Gasteiger partial charge in [0, 0.05) is 29.4 Å². The van der Waals surface area contributed by atoms with Gasteiger partial charge in [-0.05, 0) is 36.4 Å². The number of halogens is 3. The van der Waals surface area contributed by atoms with E-state index >= 15 is 0 Å². The van der Waals surface area contributed by atoms with E-state index in [1.807, 2.05) is 0 Å². The van der Waals surface area contributed by atoms with Crippen LogP contribution in [0.15, 0.2) is 61.1 Å². The molecule has 0 aliphatic carbocycles. The van der Waals surface area contributed by atoms with Crippen LogP contribution in [-0.2, 0) is 6.18 Å². The highest BCUT2D eigenvalue weighted by Crippen LogP contribution is 2.34. The van der Waals surface area contributed by atoms with Crippen LogP contribution in [0.4, 0.5) is 23.7 Å². The molecule has 4 rings (SSSR count). The smallest absolute Gasteiger partial charge is 0.416 e. The molecule has 0 fully saturated rings. The van der Waals surface area contributed by atoms with Crippen molar-refractivity contribution in [2.45, 2.75) is 6.18 Å². The SMILES string of the molecule is COc1cc(NC(=O)n2ccc3cc(Oc4cc(C=O)ncn4)ccc32)cc(C(F)(F)F)c1. The molecule has 2 aromatic carbocycles. The van der Waals surface area contributed by atoms with E-state index in [0.29, 0.717) is 22.9 Å². The van der Waals surface area contributed by atoms with Crippen LogP contribution in [0.5, 0.6) is 17.4 Å². The molecule has 1 N–H and O–H groups in total. The van der Waals surface area contributed by atoms with Gasteiger partial charge in [0.25, 0.3) is 0 Å². The lowest BCUT2D eigenvalue weighted by atomic mass is 10.2. The summed E-state index contributed by atoms with van der Waals surface area (Å²) >= 11 is 0. The number of carbonyl (C=O) groups is 2. The fourth-order valence-electron chi connectivity index (χ4n) is 3.09. The van der Waals surface area contributed by atoms with Crippen LogP contribution in [0.2, 0.25) is 0 Å². The van der Waals surface area contributed by atoms with E-state index in [2.05, 4.69) is 15.3 Å². The van der Waals surface area contributed by atoms with Crippen molar-refractivity contribution in [2.24, 2.45) is 0 Å². The van der Waals surface area contributed by atoms with Gasteiger partial charge in [-0.2, -0.15) is 13.2 Å². The van der Waals surface area contributed by atoms with E-state index in [-0.39, 0.29) is 23.0 Å². The van der Waals surface area contributed by atoms with Crippen molar-refractivity contribution >= 4 is 28.9 Å². The lowest BCUT2D eigenvalue weighted by Gasteiger charge is -2.13. The van der Waals surface area contributed by atoms with Crippen molar-refractivity contribution in [3.05, 3.63) is 72.3 Å². The third-order valence-electron chi connectivity index (χ3n) is 4.61. The van der Waals surface area contributed by atoms with Crippen molar-refractivity contribution in [1.29, 1.82) is 0 Å². The van der Waals surface area contributed by atoms with Crippen LogP contribution in [0, 0.1) is 0 Å². The molecule has 0 radical (unpaired) electrons. The molecule has 0 spiro atoms. The van der Waals surface area contributed by atoms with E-state index in [4.69, 9.17) is 9.47 Å². The van der Waals surface area contributed by atoms with Crippen LogP contribution in [0.1, 0.15) is 16.1 Å². The lowest BCUT2D eigenvalue weighted by Crippen LogP contribution is -2.19. The molecule has 0 bridgehead atoms. The van der Waals surface area contributed by atoms with Gasteiger partial charge in [0.1, 0.15) is 23.5 Å². The summed E-state index contributed by atoms with van der Waals surface area (Å²) in [6.45, 7) is 0. The fraction of sp³-hybridized carbons (Fsp3) is 0.0909. The van der Waals surface area contributed by atoms with Gasteiger partial charge in [-0.25, -0.2) is 14.8 Å². The molecular formula is C22H15F3N4O4. The largest absolute Gasteiger partial charge is 0.497 e. The summed E-state index contributed by atoms with van der Waals surface area (Å²) in [5, 5.41) is 3.09. The second-order valence-electron chi connectivity index (χ2n) is 6.79. The van der Waals surface area contributed by atoms with E-state index in [1.165, 1.54) is 36.3 Å². The van der Waals surface area contributed by atoms with Gasteiger partial charge in [0.05, 0.1) is 18.2 Å². The number of aldehydes is 1. The molecule has 0 saturated heterocycles. The molecule has 1 amide bonds. The molecular weight excluding hydrogens is 441 g/mol. The van der Waals surface area contributed by atoms with Gasteiger partial charge in [0.15, 0.2) is 6.29 Å². The Morgan fingerprint density at radius 2 is 1.88 bits per heavy atom. The normalized spacial score (nSPS) is 11.3. The maximum atomic E-state index is 13.1. The molecule has 8 nitrogen and oxygen atoms in total. The zero-order chi connectivity index (χ0) is 23.6. The Morgan fingerprint density at radius 1 is 1.06 bits per heavy atom. The number of anilines is 1. The molecule has 4 aromatic rings. The highest BCUT2D eigenvalue weighted by Gasteiger charge is 2.31. The minimum atomic E-state index is -4.60. The summed E-state index contributed by atoms with van der Waals surface area (Å²) in [5.74, 6) is 0.530. The summed E-state index contributed by atoms with van der Waals surface area (Å²) < 4.78 is 51.2. The zero-order valence-electron chi connectivity index (χ0n) is 17.0.